The van der Waals surface area contributed by atoms with Gasteiger partial charge in [0.15, 0.2) is 0 Å². The molecular formula is C18H31NO2. The van der Waals surface area contributed by atoms with Crippen molar-refractivity contribution in [1.29, 1.82) is 0 Å². The van der Waals surface area contributed by atoms with Gasteiger partial charge in [-0.2, -0.15) is 0 Å². The molecule has 2 atom stereocenters. The number of benzene rings is 1. The van der Waals surface area contributed by atoms with Crippen LogP contribution in [0.3, 0.4) is 0 Å². The van der Waals surface area contributed by atoms with E-state index in [0.29, 0.717) is 0 Å². The predicted octanol–water partition coefficient (Wildman–Crippen LogP) is 3.73. The van der Waals surface area contributed by atoms with Crippen molar-refractivity contribution >= 4 is 0 Å². The first-order valence-electron chi connectivity index (χ1n) is 8.15. The molecule has 1 aromatic rings. The summed E-state index contributed by atoms with van der Waals surface area (Å²) in [6, 6.07) is 9.13. The highest BCUT2D eigenvalue weighted by molar-refractivity contribution is 5.25. The van der Waals surface area contributed by atoms with Gasteiger partial charge in [-0.15, -0.1) is 0 Å². The van der Waals surface area contributed by atoms with E-state index in [4.69, 9.17) is 9.47 Å². The maximum absolute atomic E-state index is 5.97. The summed E-state index contributed by atoms with van der Waals surface area (Å²) in [4.78, 5) is 0. The molecule has 0 aliphatic heterocycles. The largest absolute Gasteiger partial charge is 0.385 e. The third kappa shape index (κ3) is 6.60. The van der Waals surface area contributed by atoms with Gasteiger partial charge in [0, 0.05) is 20.3 Å². The smallest absolute Gasteiger partial charge is 0.0741 e. The third-order valence-corrected chi connectivity index (χ3v) is 3.70. The van der Waals surface area contributed by atoms with E-state index in [1.807, 2.05) is 0 Å². The Morgan fingerprint density at radius 1 is 1.10 bits per heavy atom. The lowest BCUT2D eigenvalue weighted by Gasteiger charge is -2.26. The minimum absolute atomic E-state index is 0.154. The molecule has 0 saturated heterocycles. The van der Waals surface area contributed by atoms with Crippen LogP contribution in [0.15, 0.2) is 24.3 Å². The zero-order valence-electron chi connectivity index (χ0n) is 14.0. The van der Waals surface area contributed by atoms with Crippen LogP contribution in [-0.2, 0) is 15.9 Å². The standard InChI is InChI=1S/C18H31NO2/c1-5-12-19-18(15(3)21-14-7-13-20-4)17-10-8-16(6-2)9-11-17/h8-11,15,18-19H,5-7,12-14H2,1-4H3. The second-order valence-corrected chi connectivity index (χ2v) is 5.45. The lowest BCUT2D eigenvalue weighted by atomic mass is 10.00. The summed E-state index contributed by atoms with van der Waals surface area (Å²) in [5.41, 5.74) is 2.68. The van der Waals surface area contributed by atoms with Gasteiger partial charge in [-0.3, -0.25) is 0 Å². The van der Waals surface area contributed by atoms with E-state index in [9.17, 15) is 0 Å². The van der Waals surface area contributed by atoms with Gasteiger partial charge < -0.3 is 14.8 Å². The topological polar surface area (TPSA) is 30.5 Å². The Morgan fingerprint density at radius 3 is 2.38 bits per heavy atom. The van der Waals surface area contributed by atoms with Gasteiger partial charge in [0.05, 0.1) is 12.1 Å². The molecule has 3 nitrogen and oxygen atoms in total. The quantitative estimate of drug-likeness (QED) is 0.631. The molecule has 0 spiro atoms. The molecule has 1 aromatic carbocycles. The highest BCUT2D eigenvalue weighted by Gasteiger charge is 2.19. The molecule has 0 heterocycles. The Hall–Kier alpha value is -0.900. The van der Waals surface area contributed by atoms with Crippen molar-refractivity contribution in [2.75, 3.05) is 26.9 Å². The average molecular weight is 293 g/mol. The van der Waals surface area contributed by atoms with Crippen LogP contribution in [0, 0.1) is 0 Å². The van der Waals surface area contributed by atoms with Gasteiger partial charge in [0.25, 0.3) is 0 Å². The van der Waals surface area contributed by atoms with E-state index in [0.717, 1.165) is 39.0 Å². The van der Waals surface area contributed by atoms with Crippen LogP contribution in [0.4, 0.5) is 0 Å². The van der Waals surface area contributed by atoms with Gasteiger partial charge in [-0.05, 0) is 43.9 Å². The zero-order valence-corrected chi connectivity index (χ0v) is 14.0. The first-order valence-corrected chi connectivity index (χ1v) is 8.15. The SMILES string of the molecule is CCCNC(c1ccc(CC)cc1)C(C)OCCCOC. The average Bonchev–Trinajstić information content (AvgIpc) is 2.52. The molecule has 2 unspecified atom stereocenters. The van der Waals surface area contributed by atoms with Crippen molar-refractivity contribution in [3.63, 3.8) is 0 Å². The summed E-state index contributed by atoms with van der Waals surface area (Å²) in [7, 11) is 1.73. The van der Waals surface area contributed by atoms with Crippen molar-refractivity contribution in [3.05, 3.63) is 35.4 Å². The maximum atomic E-state index is 5.97. The van der Waals surface area contributed by atoms with Crippen LogP contribution in [0.2, 0.25) is 0 Å². The summed E-state index contributed by atoms with van der Waals surface area (Å²) in [6.07, 6.45) is 3.30. The number of methoxy groups -OCH3 is 1. The van der Waals surface area contributed by atoms with E-state index in [1.54, 1.807) is 7.11 Å². The summed E-state index contributed by atoms with van der Waals surface area (Å²) >= 11 is 0. The van der Waals surface area contributed by atoms with E-state index in [1.165, 1.54) is 11.1 Å². The molecule has 21 heavy (non-hydrogen) atoms. The monoisotopic (exact) mass is 293 g/mol. The molecule has 0 saturated carbocycles. The normalized spacial score (nSPS) is 14.1. The summed E-state index contributed by atoms with van der Waals surface area (Å²) < 4.78 is 11.0. The lowest BCUT2D eigenvalue weighted by Crippen LogP contribution is -2.33. The number of rotatable bonds is 11. The highest BCUT2D eigenvalue weighted by atomic mass is 16.5. The van der Waals surface area contributed by atoms with Crippen LogP contribution in [0.5, 0.6) is 0 Å². The first-order chi connectivity index (χ1) is 10.2. The molecule has 0 aliphatic carbocycles. The van der Waals surface area contributed by atoms with Crippen molar-refractivity contribution < 1.29 is 9.47 Å². The lowest BCUT2D eigenvalue weighted by molar-refractivity contribution is 0.0270. The Kier molecular flexibility index (Phi) is 9.31. The van der Waals surface area contributed by atoms with E-state index >= 15 is 0 Å². The molecular weight excluding hydrogens is 262 g/mol. The molecule has 0 bridgehead atoms. The van der Waals surface area contributed by atoms with Gasteiger partial charge in [0.1, 0.15) is 0 Å². The second kappa shape index (κ2) is 10.8. The maximum Gasteiger partial charge on any atom is 0.0741 e. The Labute approximate surface area is 130 Å². The molecule has 0 amide bonds. The fraction of sp³-hybridized carbons (Fsp3) is 0.667. The molecule has 0 aliphatic rings. The molecule has 120 valence electrons. The zero-order chi connectivity index (χ0) is 15.5. The summed E-state index contributed by atoms with van der Waals surface area (Å²) in [5.74, 6) is 0. The molecule has 1 rings (SSSR count). The van der Waals surface area contributed by atoms with Crippen molar-refractivity contribution in [3.8, 4) is 0 Å². The minimum atomic E-state index is 0.154. The summed E-state index contributed by atoms with van der Waals surface area (Å²) in [6.45, 7) is 9.02. The number of hydrogen-bond donors (Lipinski definition) is 1. The van der Waals surface area contributed by atoms with Gasteiger partial charge in [-0.25, -0.2) is 0 Å². The van der Waals surface area contributed by atoms with Crippen LogP contribution < -0.4 is 5.32 Å². The Balaban J connectivity index is 2.63. The number of nitrogens with one attached hydrogen (secondary N) is 1. The molecule has 0 aromatic heterocycles. The van der Waals surface area contributed by atoms with Crippen LogP contribution in [0.1, 0.15) is 50.8 Å². The minimum Gasteiger partial charge on any atom is -0.385 e. The molecule has 1 N–H and O–H groups in total. The first kappa shape index (κ1) is 18.1. The number of ether oxygens (including phenoxy) is 2. The Morgan fingerprint density at radius 2 is 1.81 bits per heavy atom. The van der Waals surface area contributed by atoms with Crippen LogP contribution in [-0.4, -0.2) is 33.0 Å². The highest BCUT2D eigenvalue weighted by Crippen LogP contribution is 2.20. The molecule has 3 heteroatoms. The van der Waals surface area contributed by atoms with Crippen LogP contribution >= 0.6 is 0 Å². The number of aryl methyl sites for hydroxylation is 1. The number of hydrogen-bond acceptors (Lipinski definition) is 3. The van der Waals surface area contributed by atoms with Crippen molar-refractivity contribution in [2.24, 2.45) is 0 Å². The van der Waals surface area contributed by atoms with Crippen molar-refractivity contribution in [1.82, 2.24) is 5.32 Å². The van der Waals surface area contributed by atoms with Gasteiger partial charge in [0.2, 0.25) is 0 Å². The predicted molar refractivity (Wildman–Crippen MR) is 88.8 cm³/mol. The fourth-order valence-corrected chi connectivity index (χ4v) is 2.38. The van der Waals surface area contributed by atoms with Gasteiger partial charge in [-0.1, -0.05) is 38.1 Å². The van der Waals surface area contributed by atoms with Crippen molar-refractivity contribution in [2.45, 2.75) is 52.2 Å². The fourth-order valence-electron chi connectivity index (χ4n) is 2.38. The van der Waals surface area contributed by atoms with E-state index in [2.05, 4.69) is 50.4 Å². The molecule has 0 radical (unpaired) electrons. The third-order valence-electron chi connectivity index (χ3n) is 3.70. The molecule has 0 fully saturated rings. The van der Waals surface area contributed by atoms with Gasteiger partial charge >= 0.3 is 0 Å². The Bertz CT molecular complexity index is 364. The van der Waals surface area contributed by atoms with E-state index < -0.39 is 0 Å². The second-order valence-electron chi connectivity index (χ2n) is 5.45. The van der Waals surface area contributed by atoms with E-state index in [-0.39, 0.29) is 12.1 Å². The summed E-state index contributed by atoms with van der Waals surface area (Å²) in [5, 5.41) is 3.61. The van der Waals surface area contributed by atoms with Crippen LogP contribution in [0.25, 0.3) is 0 Å².